The lowest BCUT2D eigenvalue weighted by atomic mass is 9.66. The molecule has 10 rings (SSSR count). The number of fused-ring (bicyclic) bond motifs is 6. The summed E-state index contributed by atoms with van der Waals surface area (Å²) in [5, 5.41) is 4.92. The summed E-state index contributed by atoms with van der Waals surface area (Å²) >= 11 is 0. The van der Waals surface area contributed by atoms with Gasteiger partial charge in [-0.3, -0.25) is 0 Å². The SMILES string of the molecule is c1ccc(-c2ccc(N(c3ccc4ccccc4c3)c3cc4ccccc4c4c3-c3ccccc3C4(c3ccccc3)c3ccccc3)cc2)cc1. The lowest BCUT2D eigenvalue weighted by Gasteiger charge is -2.35. The maximum atomic E-state index is 2.48. The molecule has 0 amide bonds. The van der Waals surface area contributed by atoms with E-state index in [0.717, 1.165) is 17.1 Å². The van der Waals surface area contributed by atoms with Crippen molar-refractivity contribution in [3.8, 4) is 22.3 Å². The maximum Gasteiger partial charge on any atom is 0.0720 e. The van der Waals surface area contributed by atoms with Gasteiger partial charge in [0.05, 0.1) is 11.1 Å². The molecule has 1 heteroatoms. The molecule has 0 radical (unpaired) electrons. The van der Waals surface area contributed by atoms with Gasteiger partial charge >= 0.3 is 0 Å². The summed E-state index contributed by atoms with van der Waals surface area (Å²) in [4.78, 5) is 2.48. The molecule has 1 aliphatic rings. The molecule has 1 aliphatic carbocycles. The Kier molecular flexibility index (Phi) is 7.11. The van der Waals surface area contributed by atoms with Gasteiger partial charge in [0.25, 0.3) is 0 Å². The molecule has 0 aliphatic heterocycles. The second-order valence-electron chi connectivity index (χ2n) is 13.7. The van der Waals surface area contributed by atoms with Crippen LogP contribution in [-0.2, 0) is 5.41 Å². The highest BCUT2D eigenvalue weighted by molar-refractivity contribution is 6.08. The van der Waals surface area contributed by atoms with E-state index in [-0.39, 0.29) is 0 Å². The van der Waals surface area contributed by atoms with Crippen molar-refractivity contribution in [2.75, 3.05) is 4.90 Å². The Hall–Kier alpha value is -6.70. The standard InChI is InChI=1S/C51H35N/c1-4-16-36(17-5-1)38-28-31-43(32-29-38)52(44-33-30-37-18-10-11-19-39(37)34-44)48-35-40-20-12-13-25-45(40)50-49(48)46-26-14-15-27-47(46)51(50,41-21-6-2-7-22-41)42-23-8-3-9-24-42/h1-35H. The summed E-state index contributed by atoms with van der Waals surface area (Å²) in [6.45, 7) is 0. The quantitative estimate of drug-likeness (QED) is 0.171. The van der Waals surface area contributed by atoms with Gasteiger partial charge < -0.3 is 4.90 Å². The van der Waals surface area contributed by atoms with E-state index in [0.29, 0.717) is 0 Å². The van der Waals surface area contributed by atoms with Crippen molar-refractivity contribution in [3.63, 3.8) is 0 Å². The van der Waals surface area contributed by atoms with Crippen LogP contribution in [0, 0.1) is 0 Å². The molecule has 9 aromatic carbocycles. The van der Waals surface area contributed by atoms with Crippen molar-refractivity contribution in [2.24, 2.45) is 0 Å². The Labute approximate surface area is 304 Å². The minimum Gasteiger partial charge on any atom is -0.310 e. The van der Waals surface area contributed by atoms with E-state index < -0.39 is 5.41 Å². The molecule has 244 valence electrons. The maximum absolute atomic E-state index is 2.48. The van der Waals surface area contributed by atoms with Crippen LogP contribution >= 0.6 is 0 Å². The van der Waals surface area contributed by atoms with E-state index in [2.05, 4.69) is 217 Å². The molecule has 0 saturated heterocycles. The summed E-state index contributed by atoms with van der Waals surface area (Å²) in [6.07, 6.45) is 0. The number of hydrogen-bond acceptors (Lipinski definition) is 1. The molecule has 0 bridgehead atoms. The van der Waals surface area contributed by atoms with E-state index in [1.165, 1.54) is 66.1 Å². The Morgan fingerprint density at radius 3 is 1.62 bits per heavy atom. The van der Waals surface area contributed by atoms with Crippen molar-refractivity contribution in [2.45, 2.75) is 5.41 Å². The largest absolute Gasteiger partial charge is 0.310 e. The third-order valence-corrected chi connectivity index (χ3v) is 10.9. The fourth-order valence-corrected chi connectivity index (χ4v) is 8.65. The van der Waals surface area contributed by atoms with Crippen molar-refractivity contribution >= 4 is 38.6 Å². The lowest BCUT2D eigenvalue weighted by molar-refractivity contribution is 0.775. The predicted octanol–water partition coefficient (Wildman–Crippen LogP) is 13.5. The molecule has 0 saturated carbocycles. The van der Waals surface area contributed by atoms with Gasteiger partial charge in [-0.15, -0.1) is 0 Å². The van der Waals surface area contributed by atoms with Crippen LogP contribution in [0.3, 0.4) is 0 Å². The lowest BCUT2D eigenvalue weighted by Crippen LogP contribution is -2.29. The minimum absolute atomic E-state index is 0.531. The number of anilines is 3. The molecule has 0 N–H and O–H groups in total. The fourth-order valence-electron chi connectivity index (χ4n) is 8.65. The first-order chi connectivity index (χ1) is 25.8. The van der Waals surface area contributed by atoms with Gasteiger partial charge in [-0.05, 0) is 90.8 Å². The number of benzene rings is 9. The molecule has 9 aromatic rings. The fraction of sp³-hybridized carbons (Fsp3) is 0.0196. The predicted molar refractivity (Wildman–Crippen MR) is 219 cm³/mol. The zero-order valence-corrected chi connectivity index (χ0v) is 28.7. The van der Waals surface area contributed by atoms with Crippen LogP contribution in [0.5, 0.6) is 0 Å². The summed E-state index contributed by atoms with van der Waals surface area (Å²) < 4.78 is 0. The van der Waals surface area contributed by atoms with E-state index in [4.69, 9.17) is 0 Å². The molecular formula is C51H35N. The first kappa shape index (κ1) is 30.2. The Morgan fingerprint density at radius 2 is 0.904 bits per heavy atom. The van der Waals surface area contributed by atoms with Gasteiger partial charge in [0, 0.05) is 16.9 Å². The zero-order chi connectivity index (χ0) is 34.5. The molecule has 0 atom stereocenters. The second-order valence-corrected chi connectivity index (χ2v) is 13.7. The highest BCUT2D eigenvalue weighted by Crippen LogP contribution is 2.61. The van der Waals surface area contributed by atoms with Crippen molar-refractivity contribution in [3.05, 3.63) is 235 Å². The number of hydrogen-bond donors (Lipinski definition) is 0. The normalized spacial score (nSPS) is 12.8. The van der Waals surface area contributed by atoms with Crippen LogP contribution < -0.4 is 4.90 Å². The summed E-state index contributed by atoms with van der Waals surface area (Å²) in [5.41, 5.74) is 13.0. The van der Waals surface area contributed by atoms with Gasteiger partial charge in [-0.2, -0.15) is 0 Å². The van der Waals surface area contributed by atoms with Crippen LogP contribution in [-0.4, -0.2) is 0 Å². The minimum atomic E-state index is -0.531. The van der Waals surface area contributed by atoms with Gasteiger partial charge in [-0.25, -0.2) is 0 Å². The van der Waals surface area contributed by atoms with E-state index in [1.54, 1.807) is 0 Å². The Bertz CT molecular complexity index is 2670. The van der Waals surface area contributed by atoms with Crippen LogP contribution in [0.25, 0.3) is 43.8 Å². The average Bonchev–Trinajstić information content (AvgIpc) is 3.54. The van der Waals surface area contributed by atoms with Crippen molar-refractivity contribution in [1.29, 1.82) is 0 Å². The van der Waals surface area contributed by atoms with Gasteiger partial charge in [0.2, 0.25) is 0 Å². The monoisotopic (exact) mass is 661 g/mol. The topological polar surface area (TPSA) is 3.24 Å². The number of rotatable bonds is 6. The van der Waals surface area contributed by atoms with Crippen molar-refractivity contribution < 1.29 is 0 Å². The van der Waals surface area contributed by atoms with Crippen molar-refractivity contribution in [1.82, 2.24) is 0 Å². The van der Waals surface area contributed by atoms with E-state index in [1.807, 2.05) is 0 Å². The van der Waals surface area contributed by atoms with E-state index in [9.17, 15) is 0 Å². The molecule has 52 heavy (non-hydrogen) atoms. The molecule has 0 unspecified atom stereocenters. The Balaban J connectivity index is 1.33. The van der Waals surface area contributed by atoms with Crippen LogP contribution in [0.15, 0.2) is 212 Å². The highest BCUT2D eigenvalue weighted by Gasteiger charge is 2.48. The third kappa shape index (κ3) is 4.63. The molecular weight excluding hydrogens is 627 g/mol. The molecule has 0 heterocycles. The summed E-state index contributed by atoms with van der Waals surface area (Å²) in [7, 11) is 0. The first-order valence-corrected chi connectivity index (χ1v) is 18.0. The summed E-state index contributed by atoms with van der Waals surface area (Å²) in [6, 6.07) is 77.9. The molecule has 0 spiro atoms. The van der Waals surface area contributed by atoms with Gasteiger partial charge in [0.1, 0.15) is 0 Å². The molecule has 0 fully saturated rings. The Morgan fingerprint density at radius 1 is 0.365 bits per heavy atom. The van der Waals surface area contributed by atoms with Gasteiger partial charge in [0.15, 0.2) is 0 Å². The zero-order valence-electron chi connectivity index (χ0n) is 28.7. The average molecular weight is 662 g/mol. The first-order valence-electron chi connectivity index (χ1n) is 18.0. The van der Waals surface area contributed by atoms with Crippen LogP contribution in [0.4, 0.5) is 17.1 Å². The van der Waals surface area contributed by atoms with Crippen LogP contribution in [0.2, 0.25) is 0 Å². The molecule has 1 nitrogen and oxygen atoms in total. The van der Waals surface area contributed by atoms with Gasteiger partial charge in [-0.1, -0.05) is 182 Å². The summed E-state index contributed by atoms with van der Waals surface area (Å²) in [5.74, 6) is 0. The van der Waals surface area contributed by atoms with E-state index >= 15 is 0 Å². The highest BCUT2D eigenvalue weighted by atomic mass is 15.1. The smallest absolute Gasteiger partial charge is 0.0720 e. The second kappa shape index (κ2) is 12.3. The number of nitrogens with zero attached hydrogens (tertiary/aromatic N) is 1. The van der Waals surface area contributed by atoms with Crippen LogP contribution in [0.1, 0.15) is 22.3 Å². The molecule has 0 aromatic heterocycles. The third-order valence-electron chi connectivity index (χ3n) is 10.9.